The molecule has 2 aliphatic rings. The molecule has 2 amide bonds. The van der Waals surface area contributed by atoms with E-state index in [9.17, 15) is 9.59 Å². The van der Waals surface area contributed by atoms with Crippen molar-refractivity contribution in [3.63, 3.8) is 0 Å². The largest absolute Gasteiger partial charge is 0.474 e. The molecule has 2 N–H and O–H groups in total. The topological polar surface area (TPSA) is 103 Å². The van der Waals surface area contributed by atoms with E-state index in [0.29, 0.717) is 61.9 Å². The minimum Gasteiger partial charge on any atom is -0.474 e. The van der Waals surface area contributed by atoms with E-state index in [1.54, 1.807) is 12.3 Å². The Morgan fingerprint density at radius 1 is 1.09 bits per heavy atom. The number of hydrogen-bond donors (Lipinski definition) is 2. The van der Waals surface area contributed by atoms with Crippen LogP contribution in [0.5, 0.6) is 5.88 Å². The van der Waals surface area contributed by atoms with Crippen molar-refractivity contribution in [2.75, 3.05) is 26.2 Å². The number of ether oxygens (including phenoxy) is 1. The number of rotatable bonds is 6. The lowest BCUT2D eigenvalue weighted by Gasteiger charge is -2.34. The summed E-state index contributed by atoms with van der Waals surface area (Å²) in [6.07, 6.45) is 6.48. The Bertz CT molecular complexity index is 1200. The second-order valence-corrected chi connectivity index (χ2v) is 8.94. The summed E-state index contributed by atoms with van der Waals surface area (Å²) in [5.74, 6) is 1.27. The average molecular weight is 463 g/mol. The van der Waals surface area contributed by atoms with E-state index in [1.807, 2.05) is 35.2 Å². The van der Waals surface area contributed by atoms with Gasteiger partial charge in [0.25, 0.3) is 5.56 Å². The fourth-order valence-corrected chi connectivity index (χ4v) is 4.64. The smallest absolute Gasteiger partial charge is 0.317 e. The van der Waals surface area contributed by atoms with Gasteiger partial charge in [-0.25, -0.2) is 14.8 Å². The van der Waals surface area contributed by atoms with Crippen molar-refractivity contribution in [3.05, 3.63) is 64.3 Å². The minimum atomic E-state index is -0.120. The van der Waals surface area contributed by atoms with Gasteiger partial charge in [0.05, 0.1) is 17.4 Å². The van der Waals surface area contributed by atoms with Crippen LogP contribution in [0.4, 0.5) is 4.79 Å². The molecule has 2 aromatic heterocycles. The highest BCUT2D eigenvalue weighted by Gasteiger charge is 2.23. The van der Waals surface area contributed by atoms with Gasteiger partial charge < -0.3 is 19.9 Å². The molecular formula is C25H30N6O3. The highest BCUT2D eigenvalue weighted by molar-refractivity contribution is 5.77. The number of carbonyl (C=O) groups is 1. The number of aromatic amines is 1. The molecule has 9 heteroatoms. The number of amides is 2. The Hall–Kier alpha value is -3.46. The fourth-order valence-electron chi connectivity index (χ4n) is 4.64. The standard InChI is InChI=1S/C25H30N6O3/c32-23-20-9-3-4-10-21(20)28-22(29-23)17-30-12-14-31(15-13-30)25(33)27-16-18-6-5-11-26-24(18)34-19-7-1-2-8-19/h3-6,9-11,19H,1-2,7-8,12-17H2,(H,27,33)(H,28,29,32). The van der Waals surface area contributed by atoms with Crippen LogP contribution in [0, 0.1) is 0 Å². The molecule has 3 aromatic rings. The number of benzene rings is 1. The third-order valence-corrected chi connectivity index (χ3v) is 6.56. The molecule has 0 radical (unpaired) electrons. The van der Waals surface area contributed by atoms with Crippen molar-refractivity contribution in [2.45, 2.75) is 44.9 Å². The van der Waals surface area contributed by atoms with E-state index in [4.69, 9.17) is 4.74 Å². The molecule has 5 rings (SSSR count). The molecule has 0 atom stereocenters. The second-order valence-electron chi connectivity index (χ2n) is 8.94. The highest BCUT2D eigenvalue weighted by Crippen LogP contribution is 2.25. The lowest BCUT2D eigenvalue weighted by Crippen LogP contribution is -2.51. The Kier molecular flexibility index (Phi) is 6.71. The summed E-state index contributed by atoms with van der Waals surface area (Å²) in [5.41, 5.74) is 1.48. The van der Waals surface area contributed by atoms with Gasteiger partial charge in [-0.15, -0.1) is 0 Å². The number of para-hydroxylation sites is 1. The van der Waals surface area contributed by atoms with E-state index < -0.39 is 0 Å². The molecule has 9 nitrogen and oxygen atoms in total. The van der Waals surface area contributed by atoms with Crippen molar-refractivity contribution in [2.24, 2.45) is 0 Å². The molecule has 178 valence electrons. The van der Waals surface area contributed by atoms with Crippen molar-refractivity contribution < 1.29 is 9.53 Å². The molecule has 1 saturated heterocycles. The first-order valence-corrected chi connectivity index (χ1v) is 12.0. The van der Waals surface area contributed by atoms with Gasteiger partial charge in [-0.2, -0.15) is 0 Å². The first-order chi connectivity index (χ1) is 16.7. The van der Waals surface area contributed by atoms with E-state index in [2.05, 4.69) is 25.2 Å². The van der Waals surface area contributed by atoms with E-state index in [0.717, 1.165) is 18.4 Å². The molecule has 1 aromatic carbocycles. The maximum atomic E-state index is 12.8. The molecule has 0 unspecified atom stereocenters. The van der Waals surface area contributed by atoms with Crippen LogP contribution in [-0.2, 0) is 13.1 Å². The second kappa shape index (κ2) is 10.2. The molecule has 34 heavy (non-hydrogen) atoms. The van der Waals surface area contributed by atoms with Gasteiger partial charge >= 0.3 is 6.03 Å². The highest BCUT2D eigenvalue weighted by atomic mass is 16.5. The first kappa shape index (κ1) is 22.3. The summed E-state index contributed by atoms with van der Waals surface area (Å²) in [4.78, 5) is 40.9. The van der Waals surface area contributed by atoms with Crippen molar-refractivity contribution in [1.82, 2.24) is 30.1 Å². The average Bonchev–Trinajstić information content (AvgIpc) is 3.37. The number of pyridine rings is 1. The zero-order valence-electron chi connectivity index (χ0n) is 19.2. The molecule has 0 spiro atoms. The summed E-state index contributed by atoms with van der Waals surface area (Å²) in [7, 11) is 0. The number of H-pyrrole nitrogens is 1. The van der Waals surface area contributed by atoms with Crippen molar-refractivity contribution in [3.8, 4) is 5.88 Å². The molecular weight excluding hydrogens is 432 g/mol. The van der Waals surface area contributed by atoms with Crippen molar-refractivity contribution in [1.29, 1.82) is 0 Å². The van der Waals surface area contributed by atoms with Crippen LogP contribution in [0.3, 0.4) is 0 Å². The van der Waals surface area contributed by atoms with Gasteiger partial charge in [-0.1, -0.05) is 18.2 Å². The zero-order valence-corrected chi connectivity index (χ0v) is 19.2. The van der Waals surface area contributed by atoms with Crippen LogP contribution in [0.25, 0.3) is 10.9 Å². The summed E-state index contributed by atoms with van der Waals surface area (Å²) < 4.78 is 6.08. The lowest BCUT2D eigenvalue weighted by atomic mass is 10.2. The van der Waals surface area contributed by atoms with Gasteiger partial charge in [0.15, 0.2) is 0 Å². The maximum absolute atomic E-state index is 12.8. The van der Waals surface area contributed by atoms with E-state index in [-0.39, 0.29) is 17.7 Å². The number of hydrogen-bond acceptors (Lipinski definition) is 6. The monoisotopic (exact) mass is 462 g/mol. The first-order valence-electron chi connectivity index (χ1n) is 12.0. The van der Waals surface area contributed by atoms with Gasteiger partial charge in [0.2, 0.25) is 5.88 Å². The fraction of sp³-hybridized carbons (Fsp3) is 0.440. The number of urea groups is 1. The van der Waals surface area contributed by atoms with Crippen LogP contribution in [0.2, 0.25) is 0 Å². The Morgan fingerprint density at radius 3 is 2.71 bits per heavy atom. The normalized spacial score (nSPS) is 17.2. The summed E-state index contributed by atoms with van der Waals surface area (Å²) >= 11 is 0. The lowest BCUT2D eigenvalue weighted by molar-refractivity contribution is 0.133. The number of nitrogens with zero attached hydrogens (tertiary/aromatic N) is 4. The Morgan fingerprint density at radius 2 is 1.88 bits per heavy atom. The van der Waals surface area contributed by atoms with Gasteiger partial charge in [0.1, 0.15) is 11.9 Å². The maximum Gasteiger partial charge on any atom is 0.317 e. The van der Waals surface area contributed by atoms with E-state index >= 15 is 0 Å². The molecule has 1 saturated carbocycles. The van der Waals surface area contributed by atoms with E-state index in [1.165, 1.54) is 12.8 Å². The number of fused-ring (bicyclic) bond motifs is 1. The quantitative estimate of drug-likeness (QED) is 0.584. The zero-order chi connectivity index (χ0) is 23.3. The third kappa shape index (κ3) is 5.20. The number of nitrogens with one attached hydrogen (secondary N) is 2. The number of aromatic nitrogens is 3. The number of carbonyl (C=O) groups excluding carboxylic acids is 1. The SMILES string of the molecule is O=C(NCc1cccnc1OC1CCCC1)N1CCN(Cc2nc3ccccc3c(=O)[nH]2)CC1. The van der Waals surface area contributed by atoms with Gasteiger partial charge in [0, 0.05) is 44.5 Å². The summed E-state index contributed by atoms with van der Waals surface area (Å²) in [5, 5.41) is 3.61. The Labute approximate surface area is 198 Å². The van der Waals surface area contributed by atoms with Crippen LogP contribution < -0.4 is 15.6 Å². The predicted molar refractivity (Wildman–Crippen MR) is 129 cm³/mol. The van der Waals surface area contributed by atoms with Crippen LogP contribution in [0.15, 0.2) is 47.4 Å². The predicted octanol–water partition coefficient (Wildman–Crippen LogP) is 2.67. The van der Waals surface area contributed by atoms with Crippen LogP contribution in [0.1, 0.15) is 37.1 Å². The van der Waals surface area contributed by atoms with Crippen molar-refractivity contribution >= 4 is 16.9 Å². The third-order valence-electron chi connectivity index (χ3n) is 6.56. The summed E-state index contributed by atoms with van der Waals surface area (Å²) in [6.45, 7) is 3.59. The van der Waals surface area contributed by atoms with Crippen LogP contribution >= 0.6 is 0 Å². The molecule has 0 bridgehead atoms. The number of piperazine rings is 1. The van der Waals surface area contributed by atoms with Gasteiger partial charge in [-0.3, -0.25) is 9.69 Å². The molecule has 1 aliphatic heterocycles. The molecule has 3 heterocycles. The van der Waals surface area contributed by atoms with Crippen LogP contribution in [-0.4, -0.2) is 63.1 Å². The Balaban J connectivity index is 1.12. The minimum absolute atomic E-state index is 0.0902. The molecule has 1 aliphatic carbocycles. The molecule has 2 fully saturated rings. The summed E-state index contributed by atoms with van der Waals surface area (Å²) in [6, 6.07) is 11.1. The van der Waals surface area contributed by atoms with Gasteiger partial charge in [-0.05, 0) is 43.9 Å².